The van der Waals surface area contributed by atoms with Gasteiger partial charge in [-0.2, -0.15) is 0 Å². The minimum Gasteiger partial charge on any atom is -0.0617 e. The maximum atomic E-state index is 3.69. The molecule has 2 fully saturated rings. The molecule has 2 atom stereocenters. The van der Waals surface area contributed by atoms with E-state index in [0.717, 1.165) is 23.7 Å². The lowest BCUT2D eigenvalue weighted by Crippen LogP contribution is -2.01. The molecule has 1 radical (unpaired) electrons. The van der Waals surface area contributed by atoms with Gasteiger partial charge in [-0.3, -0.25) is 0 Å². The lowest BCUT2D eigenvalue weighted by atomic mass is 9.90. The summed E-state index contributed by atoms with van der Waals surface area (Å²) in [6.45, 7) is 4.74. The molecule has 0 nitrogen and oxygen atoms in total. The highest BCUT2D eigenvalue weighted by Gasteiger charge is 2.31. The van der Waals surface area contributed by atoms with Crippen LogP contribution in [-0.2, 0) is 0 Å². The molecule has 16 heavy (non-hydrogen) atoms. The number of hydrogen-bond donors (Lipinski definition) is 0. The average molecular weight is 213 g/mol. The summed E-state index contributed by atoms with van der Waals surface area (Å²) in [5.74, 6) is 3.35. The normalized spacial score (nSPS) is 24.1. The summed E-state index contributed by atoms with van der Waals surface area (Å²) in [6, 6.07) is 10.5. The molecule has 0 heterocycles. The highest BCUT2D eigenvalue weighted by atomic mass is 14.4. The molecule has 0 aliphatic heterocycles. The first-order valence-electron chi connectivity index (χ1n) is 6.78. The third-order valence-corrected chi connectivity index (χ3v) is 4.48. The van der Waals surface area contributed by atoms with E-state index in [1.807, 2.05) is 0 Å². The van der Waals surface area contributed by atoms with Crippen molar-refractivity contribution in [3.63, 3.8) is 0 Å². The Hall–Kier alpha value is -0.780. The van der Waals surface area contributed by atoms with Crippen LogP contribution in [0.15, 0.2) is 18.2 Å². The molecule has 0 N–H and O–H groups in total. The van der Waals surface area contributed by atoms with Gasteiger partial charge in [0.2, 0.25) is 0 Å². The van der Waals surface area contributed by atoms with E-state index >= 15 is 0 Å². The summed E-state index contributed by atoms with van der Waals surface area (Å²) >= 11 is 0. The Morgan fingerprint density at radius 2 is 1.38 bits per heavy atom. The van der Waals surface area contributed by atoms with Gasteiger partial charge >= 0.3 is 0 Å². The molecular formula is C16H21. The van der Waals surface area contributed by atoms with Gasteiger partial charge in [-0.25, -0.2) is 0 Å². The van der Waals surface area contributed by atoms with Crippen LogP contribution >= 0.6 is 0 Å². The SMILES string of the molecule is CC(c1[c]c(C(C)C2CC2)ccc1)C1CC1. The zero-order valence-electron chi connectivity index (χ0n) is 10.4. The van der Waals surface area contributed by atoms with Gasteiger partial charge in [0.1, 0.15) is 0 Å². The Kier molecular flexibility index (Phi) is 2.53. The van der Waals surface area contributed by atoms with Gasteiger partial charge in [0, 0.05) is 0 Å². The van der Waals surface area contributed by atoms with E-state index in [0.29, 0.717) is 0 Å². The fourth-order valence-corrected chi connectivity index (χ4v) is 2.74. The maximum Gasteiger partial charge on any atom is -0.0108 e. The molecule has 2 saturated carbocycles. The van der Waals surface area contributed by atoms with Crippen molar-refractivity contribution in [2.24, 2.45) is 11.8 Å². The van der Waals surface area contributed by atoms with E-state index in [2.05, 4.69) is 38.1 Å². The Morgan fingerprint density at radius 1 is 0.938 bits per heavy atom. The summed E-state index contributed by atoms with van der Waals surface area (Å²) in [7, 11) is 0. The molecule has 1 aromatic rings. The number of hydrogen-bond acceptors (Lipinski definition) is 0. The molecule has 0 amide bonds. The lowest BCUT2D eigenvalue weighted by molar-refractivity contribution is 0.643. The van der Waals surface area contributed by atoms with E-state index in [-0.39, 0.29) is 0 Å². The molecule has 0 aromatic heterocycles. The van der Waals surface area contributed by atoms with Crippen molar-refractivity contribution in [2.45, 2.75) is 51.4 Å². The molecular weight excluding hydrogens is 192 g/mol. The molecule has 0 saturated heterocycles. The standard InChI is InChI=1S/C16H21/c1-11(13-6-7-13)15-4-3-5-16(10-15)12(2)14-8-9-14/h3-5,11-14H,6-9H2,1-2H3. The first-order chi connectivity index (χ1) is 7.75. The zero-order valence-corrected chi connectivity index (χ0v) is 10.4. The first kappa shape index (κ1) is 10.4. The van der Waals surface area contributed by atoms with Gasteiger partial charge in [0.05, 0.1) is 0 Å². The van der Waals surface area contributed by atoms with Crippen LogP contribution in [0.4, 0.5) is 0 Å². The van der Waals surface area contributed by atoms with E-state index in [1.54, 1.807) is 0 Å². The Bertz CT molecular complexity index is 338. The third kappa shape index (κ3) is 2.03. The van der Waals surface area contributed by atoms with Gasteiger partial charge in [0.25, 0.3) is 0 Å². The van der Waals surface area contributed by atoms with Crippen molar-refractivity contribution >= 4 is 0 Å². The van der Waals surface area contributed by atoms with Crippen molar-refractivity contribution in [1.29, 1.82) is 0 Å². The predicted octanol–water partition coefficient (Wildman–Crippen LogP) is 4.51. The second-order valence-corrected chi connectivity index (χ2v) is 5.81. The fourth-order valence-electron chi connectivity index (χ4n) is 2.74. The smallest absolute Gasteiger partial charge is 0.0108 e. The minimum absolute atomic E-state index is 0.728. The second-order valence-electron chi connectivity index (χ2n) is 5.81. The summed E-state index contributed by atoms with van der Waals surface area (Å²) in [5, 5.41) is 0. The van der Waals surface area contributed by atoms with Crippen molar-refractivity contribution < 1.29 is 0 Å². The van der Waals surface area contributed by atoms with E-state index in [4.69, 9.17) is 0 Å². The molecule has 2 aliphatic carbocycles. The van der Waals surface area contributed by atoms with Crippen molar-refractivity contribution in [2.75, 3.05) is 0 Å². The van der Waals surface area contributed by atoms with Crippen molar-refractivity contribution in [3.8, 4) is 0 Å². The summed E-state index contributed by atoms with van der Waals surface area (Å²) in [4.78, 5) is 0. The Labute approximate surface area is 99.1 Å². The average Bonchev–Trinajstić information content (AvgIpc) is 3.20. The quantitative estimate of drug-likeness (QED) is 0.690. The first-order valence-corrected chi connectivity index (χ1v) is 6.78. The molecule has 3 rings (SSSR count). The number of benzene rings is 1. The van der Waals surface area contributed by atoms with Crippen LogP contribution in [0.1, 0.15) is 62.5 Å². The molecule has 0 bridgehead atoms. The van der Waals surface area contributed by atoms with Crippen LogP contribution in [-0.4, -0.2) is 0 Å². The molecule has 85 valence electrons. The fraction of sp³-hybridized carbons (Fsp3) is 0.625. The molecule has 2 aliphatic rings. The van der Waals surface area contributed by atoms with Gasteiger partial charge < -0.3 is 0 Å². The van der Waals surface area contributed by atoms with Crippen LogP contribution in [0.5, 0.6) is 0 Å². The van der Waals surface area contributed by atoms with E-state index in [1.165, 1.54) is 36.8 Å². The molecule has 1 aromatic carbocycles. The lowest BCUT2D eigenvalue weighted by Gasteiger charge is -2.15. The summed E-state index contributed by atoms with van der Waals surface area (Å²) in [6.07, 6.45) is 5.71. The number of rotatable bonds is 4. The minimum atomic E-state index is 0.728. The highest BCUT2D eigenvalue weighted by Crippen LogP contribution is 2.44. The molecule has 0 spiro atoms. The Morgan fingerprint density at radius 3 is 1.75 bits per heavy atom. The zero-order chi connectivity index (χ0) is 11.1. The van der Waals surface area contributed by atoms with E-state index in [9.17, 15) is 0 Å². The maximum absolute atomic E-state index is 3.69. The van der Waals surface area contributed by atoms with Crippen LogP contribution < -0.4 is 0 Å². The van der Waals surface area contributed by atoms with Gasteiger partial charge in [0.15, 0.2) is 0 Å². The van der Waals surface area contributed by atoms with Crippen LogP contribution in [0.25, 0.3) is 0 Å². The van der Waals surface area contributed by atoms with Crippen molar-refractivity contribution in [1.82, 2.24) is 0 Å². The van der Waals surface area contributed by atoms with Gasteiger partial charge in [-0.15, -0.1) is 0 Å². The largest absolute Gasteiger partial charge is 0.0617 e. The Balaban J connectivity index is 1.80. The highest BCUT2D eigenvalue weighted by molar-refractivity contribution is 5.28. The summed E-state index contributed by atoms with van der Waals surface area (Å²) in [5.41, 5.74) is 2.90. The third-order valence-electron chi connectivity index (χ3n) is 4.48. The van der Waals surface area contributed by atoms with Crippen LogP contribution in [0.3, 0.4) is 0 Å². The van der Waals surface area contributed by atoms with Gasteiger partial charge in [-0.1, -0.05) is 32.0 Å². The van der Waals surface area contributed by atoms with E-state index < -0.39 is 0 Å². The molecule has 2 unspecified atom stereocenters. The van der Waals surface area contributed by atoms with Crippen molar-refractivity contribution in [3.05, 3.63) is 35.4 Å². The monoisotopic (exact) mass is 213 g/mol. The van der Waals surface area contributed by atoms with Crippen LogP contribution in [0, 0.1) is 17.9 Å². The topological polar surface area (TPSA) is 0 Å². The summed E-state index contributed by atoms with van der Waals surface area (Å²) < 4.78 is 0. The second kappa shape index (κ2) is 3.91. The van der Waals surface area contributed by atoms with Crippen LogP contribution in [0.2, 0.25) is 0 Å². The molecule has 0 heteroatoms. The predicted molar refractivity (Wildman–Crippen MR) is 67.6 cm³/mol. The van der Waals surface area contributed by atoms with Gasteiger partial charge in [-0.05, 0) is 66.5 Å².